The Morgan fingerprint density at radius 1 is 1.16 bits per heavy atom. The Kier molecular flexibility index (Phi) is 7.54. The Balaban J connectivity index is 0.00000141. The van der Waals surface area contributed by atoms with Crippen LogP contribution in [0.1, 0.15) is 38.8 Å². The maximum absolute atomic E-state index is 12.0. The van der Waals surface area contributed by atoms with Gasteiger partial charge in [-0.05, 0) is 49.8 Å². The van der Waals surface area contributed by atoms with E-state index in [2.05, 4.69) is 15.5 Å². The number of nitro groups is 1. The lowest BCUT2D eigenvalue weighted by Crippen LogP contribution is -2.45. The number of ether oxygens (including phenoxy) is 1. The second-order valence-corrected chi connectivity index (χ2v) is 7.40. The van der Waals surface area contributed by atoms with Gasteiger partial charge in [0.1, 0.15) is 5.75 Å². The van der Waals surface area contributed by atoms with E-state index >= 15 is 0 Å². The quantitative estimate of drug-likeness (QED) is 0.435. The number of nitrogens with zero attached hydrogens (tertiary/aromatic N) is 2. The van der Waals surface area contributed by atoms with Crippen molar-refractivity contribution in [2.24, 2.45) is 5.92 Å². The van der Waals surface area contributed by atoms with E-state index in [-0.39, 0.29) is 23.0 Å². The van der Waals surface area contributed by atoms with Crippen LogP contribution >= 0.6 is 0 Å². The van der Waals surface area contributed by atoms with Gasteiger partial charge in [-0.3, -0.25) is 14.9 Å². The van der Waals surface area contributed by atoms with Gasteiger partial charge in [0.15, 0.2) is 0 Å². The molecule has 0 saturated heterocycles. The molecule has 0 aliphatic heterocycles. The third-order valence-electron chi connectivity index (χ3n) is 5.38. The van der Waals surface area contributed by atoms with Gasteiger partial charge in [0, 0.05) is 23.6 Å². The molecule has 9 nitrogen and oxygen atoms in total. The lowest BCUT2D eigenvalue weighted by Gasteiger charge is -2.35. The third kappa shape index (κ3) is 5.48. The van der Waals surface area contributed by atoms with Crippen molar-refractivity contribution in [1.82, 2.24) is 15.5 Å². The van der Waals surface area contributed by atoms with Crippen LogP contribution in [-0.2, 0) is 6.42 Å². The topological polar surface area (TPSA) is 127 Å². The average Bonchev–Trinajstić information content (AvgIpc) is 2.78. The van der Waals surface area contributed by atoms with E-state index in [0.29, 0.717) is 11.3 Å². The van der Waals surface area contributed by atoms with Crippen LogP contribution in [0.5, 0.6) is 5.75 Å². The molecule has 2 N–H and O–H groups in total. The summed E-state index contributed by atoms with van der Waals surface area (Å²) in [4.78, 5) is 34.0. The number of amides is 1. The molecule has 1 aromatic heterocycles. The van der Waals surface area contributed by atoms with Crippen molar-refractivity contribution in [3.63, 3.8) is 0 Å². The fourth-order valence-electron chi connectivity index (χ4n) is 3.73. The van der Waals surface area contributed by atoms with E-state index in [1.165, 1.54) is 24.3 Å². The second kappa shape index (κ2) is 10.5. The zero-order chi connectivity index (χ0) is 23.1. The molecule has 9 heteroatoms. The normalized spacial score (nSPS) is 16.9. The number of nitro benzene ring substituents is 1. The Bertz CT molecular complexity index is 1140. The molecule has 0 bridgehead atoms. The van der Waals surface area contributed by atoms with E-state index in [1.807, 2.05) is 32.0 Å². The highest BCUT2D eigenvalue weighted by Crippen LogP contribution is 2.32. The summed E-state index contributed by atoms with van der Waals surface area (Å²) >= 11 is 0. The van der Waals surface area contributed by atoms with Crippen LogP contribution in [0, 0.1) is 16.0 Å². The molecule has 1 aliphatic carbocycles. The SMILES string of the molecule is CC.O=C(NC1CC(CCc2n[nH]c(=O)c3ccccc23)C1)Oc1ccc([N+](=O)[O-])cc1. The van der Waals surface area contributed by atoms with E-state index < -0.39 is 11.0 Å². The average molecular weight is 438 g/mol. The Morgan fingerprint density at radius 3 is 2.47 bits per heavy atom. The number of aryl methyl sites for hydroxylation is 1. The molecule has 3 aromatic rings. The number of aromatic nitrogens is 2. The van der Waals surface area contributed by atoms with E-state index in [1.54, 1.807) is 6.07 Å². The van der Waals surface area contributed by atoms with Crippen LogP contribution in [0.4, 0.5) is 10.5 Å². The zero-order valence-corrected chi connectivity index (χ0v) is 18.0. The van der Waals surface area contributed by atoms with Gasteiger partial charge in [-0.15, -0.1) is 0 Å². The maximum atomic E-state index is 12.0. The van der Waals surface area contributed by atoms with Crippen LogP contribution in [-0.4, -0.2) is 27.3 Å². The van der Waals surface area contributed by atoms with E-state index in [0.717, 1.165) is 36.8 Å². The van der Waals surface area contributed by atoms with Gasteiger partial charge in [0.25, 0.3) is 11.2 Å². The monoisotopic (exact) mass is 438 g/mol. The number of fused-ring (bicyclic) bond motifs is 1. The summed E-state index contributed by atoms with van der Waals surface area (Å²) < 4.78 is 5.16. The first-order valence-electron chi connectivity index (χ1n) is 10.7. The summed E-state index contributed by atoms with van der Waals surface area (Å²) in [5.74, 6) is 0.715. The van der Waals surface area contributed by atoms with Crippen molar-refractivity contribution < 1.29 is 14.5 Å². The molecule has 168 valence electrons. The van der Waals surface area contributed by atoms with Gasteiger partial charge >= 0.3 is 6.09 Å². The smallest absolute Gasteiger partial charge is 0.410 e. The minimum atomic E-state index is -0.569. The highest BCUT2D eigenvalue weighted by Gasteiger charge is 2.30. The van der Waals surface area contributed by atoms with Crippen LogP contribution in [0.2, 0.25) is 0 Å². The molecule has 0 unspecified atom stereocenters. The van der Waals surface area contributed by atoms with Gasteiger partial charge in [-0.2, -0.15) is 5.10 Å². The number of rotatable bonds is 6. The number of hydrogen-bond donors (Lipinski definition) is 2. The van der Waals surface area contributed by atoms with Crippen LogP contribution in [0.3, 0.4) is 0 Å². The van der Waals surface area contributed by atoms with Crippen LogP contribution in [0.25, 0.3) is 10.8 Å². The maximum Gasteiger partial charge on any atom is 0.412 e. The fourth-order valence-corrected chi connectivity index (χ4v) is 3.73. The summed E-state index contributed by atoms with van der Waals surface area (Å²) in [6.07, 6.45) is 2.79. The first-order chi connectivity index (χ1) is 15.5. The van der Waals surface area contributed by atoms with Crippen LogP contribution in [0.15, 0.2) is 53.3 Å². The summed E-state index contributed by atoms with van der Waals surface area (Å²) in [6, 6.07) is 12.8. The molecule has 32 heavy (non-hydrogen) atoms. The van der Waals surface area contributed by atoms with Crippen molar-refractivity contribution in [3.05, 3.63) is 74.7 Å². The first-order valence-corrected chi connectivity index (χ1v) is 10.7. The highest BCUT2D eigenvalue weighted by atomic mass is 16.6. The number of aromatic amines is 1. The molecule has 0 spiro atoms. The molecular formula is C23H26N4O5. The number of nitrogens with one attached hydrogen (secondary N) is 2. The predicted octanol–water partition coefficient (Wildman–Crippen LogP) is 4.36. The highest BCUT2D eigenvalue weighted by molar-refractivity contribution is 5.83. The minimum Gasteiger partial charge on any atom is -0.410 e. The van der Waals surface area contributed by atoms with Gasteiger partial charge < -0.3 is 10.1 Å². The van der Waals surface area contributed by atoms with Crippen molar-refractivity contribution in [1.29, 1.82) is 0 Å². The molecule has 0 radical (unpaired) electrons. The summed E-state index contributed by atoms with van der Waals surface area (Å²) in [6.45, 7) is 4.00. The molecule has 1 amide bonds. The van der Waals surface area contributed by atoms with Crippen LogP contribution < -0.4 is 15.6 Å². The molecule has 0 atom stereocenters. The molecule has 1 fully saturated rings. The zero-order valence-electron chi connectivity index (χ0n) is 18.0. The number of carbonyl (C=O) groups is 1. The predicted molar refractivity (Wildman–Crippen MR) is 121 cm³/mol. The fraction of sp³-hybridized carbons (Fsp3) is 0.348. The molecule has 1 aliphatic rings. The second-order valence-electron chi connectivity index (χ2n) is 7.40. The number of carbonyl (C=O) groups excluding carboxylic acids is 1. The standard InChI is InChI=1S/C21H20N4O5.C2H6/c26-20-18-4-2-1-3-17(18)19(23-24-20)10-5-13-11-14(12-13)22-21(27)30-16-8-6-15(7-9-16)25(28)29;1-2/h1-4,6-9,13-14H,5,10-12H2,(H,22,27)(H,24,26);1-2H3. The lowest BCUT2D eigenvalue weighted by atomic mass is 9.77. The Labute approximate surface area is 185 Å². The first kappa shape index (κ1) is 22.9. The van der Waals surface area contributed by atoms with E-state index in [4.69, 9.17) is 4.74 Å². The Hall–Kier alpha value is -3.75. The van der Waals surface area contributed by atoms with Gasteiger partial charge in [-0.25, -0.2) is 9.89 Å². The van der Waals surface area contributed by atoms with Gasteiger partial charge in [0.05, 0.1) is 16.0 Å². The number of hydrogen-bond acceptors (Lipinski definition) is 6. The summed E-state index contributed by atoms with van der Waals surface area (Å²) in [5.41, 5.74) is 0.627. The van der Waals surface area contributed by atoms with Crippen molar-refractivity contribution in [2.45, 2.75) is 45.6 Å². The third-order valence-corrected chi connectivity index (χ3v) is 5.38. The molecule has 2 aromatic carbocycles. The number of benzene rings is 2. The summed E-state index contributed by atoms with van der Waals surface area (Å²) in [7, 11) is 0. The molecule has 4 rings (SSSR count). The van der Waals surface area contributed by atoms with Crippen molar-refractivity contribution >= 4 is 22.6 Å². The van der Waals surface area contributed by atoms with Crippen molar-refractivity contribution in [3.8, 4) is 5.75 Å². The molecular weight excluding hydrogens is 412 g/mol. The largest absolute Gasteiger partial charge is 0.412 e. The molecule has 1 heterocycles. The lowest BCUT2D eigenvalue weighted by molar-refractivity contribution is -0.384. The number of H-pyrrole nitrogens is 1. The molecule has 1 saturated carbocycles. The van der Waals surface area contributed by atoms with E-state index in [9.17, 15) is 19.7 Å². The van der Waals surface area contributed by atoms with Crippen molar-refractivity contribution in [2.75, 3.05) is 0 Å². The minimum absolute atomic E-state index is 0.0424. The summed E-state index contributed by atoms with van der Waals surface area (Å²) in [5, 5.41) is 21.7. The Morgan fingerprint density at radius 2 is 1.81 bits per heavy atom. The van der Waals surface area contributed by atoms with Gasteiger partial charge in [0.2, 0.25) is 0 Å². The number of non-ortho nitro benzene ring substituents is 1. The van der Waals surface area contributed by atoms with Gasteiger partial charge in [-0.1, -0.05) is 32.0 Å².